The minimum atomic E-state index is -0.917. The van der Waals surface area contributed by atoms with Crippen molar-refractivity contribution in [2.75, 3.05) is 6.54 Å². The first-order chi connectivity index (χ1) is 8.45. The van der Waals surface area contributed by atoms with Gasteiger partial charge in [0, 0.05) is 6.54 Å². The van der Waals surface area contributed by atoms with E-state index in [1.807, 2.05) is 0 Å². The van der Waals surface area contributed by atoms with Crippen molar-refractivity contribution in [3.05, 3.63) is 22.6 Å². The maximum absolute atomic E-state index is 11.7. The van der Waals surface area contributed by atoms with Crippen LogP contribution in [-0.2, 0) is 4.79 Å². The van der Waals surface area contributed by atoms with Gasteiger partial charge in [0.05, 0.1) is 5.41 Å². The highest BCUT2D eigenvalue weighted by Gasteiger charge is 2.35. The van der Waals surface area contributed by atoms with E-state index >= 15 is 0 Å². The Balaban J connectivity index is 2.69. The van der Waals surface area contributed by atoms with Crippen LogP contribution in [0.5, 0.6) is 0 Å². The molecule has 0 bridgehead atoms. The maximum atomic E-state index is 11.7. The first kappa shape index (κ1) is 14.8. The highest BCUT2D eigenvalue weighted by molar-refractivity contribution is 9.10. The summed E-state index contributed by atoms with van der Waals surface area (Å²) in [5.74, 6) is -1.14. The summed E-state index contributed by atoms with van der Waals surface area (Å²) in [5.41, 5.74) is -0.917. The predicted molar refractivity (Wildman–Crippen MR) is 69.4 cm³/mol. The third kappa shape index (κ3) is 3.13. The van der Waals surface area contributed by atoms with E-state index in [1.165, 1.54) is 6.07 Å². The number of aliphatic carboxylic acids is 1. The summed E-state index contributed by atoms with van der Waals surface area (Å²) in [7, 11) is 0. The molecule has 0 aliphatic carbocycles. The number of nitrogens with one attached hydrogen (secondary N) is 1. The van der Waals surface area contributed by atoms with E-state index in [0.29, 0.717) is 17.5 Å². The molecule has 1 amide bonds. The van der Waals surface area contributed by atoms with Crippen LogP contribution in [0, 0.1) is 5.41 Å². The van der Waals surface area contributed by atoms with E-state index in [9.17, 15) is 14.7 Å². The molecule has 0 spiro atoms. The summed E-state index contributed by atoms with van der Waals surface area (Å²) in [6.07, 6.45) is 0.919. The number of amides is 1. The largest absolute Gasteiger partial charge is 0.481 e. The fourth-order valence-corrected chi connectivity index (χ4v) is 1.96. The zero-order valence-electron chi connectivity index (χ0n) is 10.3. The molecule has 0 fully saturated rings. The molecular formula is C12H16BrNO4. The van der Waals surface area contributed by atoms with E-state index in [-0.39, 0.29) is 12.3 Å². The summed E-state index contributed by atoms with van der Waals surface area (Å²) < 4.78 is 5.56. The number of hydrogen-bond donors (Lipinski definition) is 2. The Bertz CT molecular complexity index is 437. The number of furan rings is 1. The Kier molecular flexibility index (Phi) is 4.95. The lowest BCUT2D eigenvalue weighted by Crippen LogP contribution is -2.42. The van der Waals surface area contributed by atoms with Crippen LogP contribution in [0.25, 0.3) is 0 Å². The second kappa shape index (κ2) is 6.04. The summed E-state index contributed by atoms with van der Waals surface area (Å²) in [6.45, 7) is 3.69. The van der Waals surface area contributed by atoms with Gasteiger partial charge in [0.25, 0.3) is 5.91 Å². The monoisotopic (exact) mass is 317 g/mol. The molecule has 0 saturated carbocycles. The van der Waals surface area contributed by atoms with Gasteiger partial charge < -0.3 is 14.8 Å². The van der Waals surface area contributed by atoms with Crippen molar-refractivity contribution in [3.63, 3.8) is 0 Å². The number of halogens is 1. The van der Waals surface area contributed by atoms with Crippen molar-refractivity contribution in [2.24, 2.45) is 5.41 Å². The van der Waals surface area contributed by atoms with Crippen LogP contribution in [0.3, 0.4) is 0 Å². The van der Waals surface area contributed by atoms with Gasteiger partial charge in [0.2, 0.25) is 0 Å². The quantitative estimate of drug-likeness (QED) is 0.845. The second-order valence-electron chi connectivity index (χ2n) is 4.08. The molecule has 0 radical (unpaired) electrons. The molecule has 1 aromatic rings. The van der Waals surface area contributed by atoms with E-state index in [0.717, 1.165) is 0 Å². The predicted octanol–water partition coefficient (Wildman–Crippen LogP) is 2.66. The number of carboxylic acids is 1. The lowest BCUT2D eigenvalue weighted by molar-refractivity contribution is -0.149. The van der Waals surface area contributed by atoms with Gasteiger partial charge in [0.15, 0.2) is 10.4 Å². The number of carbonyl (C=O) groups excluding carboxylic acids is 1. The van der Waals surface area contributed by atoms with Gasteiger partial charge in [-0.25, -0.2) is 0 Å². The van der Waals surface area contributed by atoms with Crippen molar-refractivity contribution in [2.45, 2.75) is 26.7 Å². The molecule has 1 rings (SSSR count). The molecule has 0 aliphatic rings. The second-order valence-corrected chi connectivity index (χ2v) is 4.86. The fraction of sp³-hybridized carbons (Fsp3) is 0.500. The van der Waals surface area contributed by atoms with Gasteiger partial charge in [-0.15, -0.1) is 0 Å². The number of carboxylic acid groups (broad SMARTS) is 1. The van der Waals surface area contributed by atoms with Crippen LogP contribution in [0.1, 0.15) is 37.2 Å². The van der Waals surface area contributed by atoms with Gasteiger partial charge in [-0.05, 0) is 40.9 Å². The van der Waals surface area contributed by atoms with Gasteiger partial charge in [0.1, 0.15) is 0 Å². The summed E-state index contributed by atoms with van der Waals surface area (Å²) in [4.78, 5) is 23.0. The van der Waals surface area contributed by atoms with E-state index in [4.69, 9.17) is 4.42 Å². The van der Waals surface area contributed by atoms with E-state index < -0.39 is 17.3 Å². The molecule has 2 N–H and O–H groups in total. The Morgan fingerprint density at radius 3 is 2.39 bits per heavy atom. The molecular weight excluding hydrogens is 302 g/mol. The molecule has 1 heterocycles. The summed E-state index contributed by atoms with van der Waals surface area (Å²) in [5, 5.41) is 11.8. The lowest BCUT2D eigenvalue weighted by Gasteiger charge is -2.26. The van der Waals surface area contributed by atoms with E-state index in [1.54, 1.807) is 19.9 Å². The van der Waals surface area contributed by atoms with Crippen molar-refractivity contribution in [1.29, 1.82) is 0 Å². The van der Waals surface area contributed by atoms with Crippen molar-refractivity contribution in [3.8, 4) is 0 Å². The summed E-state index contributed by atoms with van der Waals surface area (Å²) >= 11 is 3.10. The molecule has 1 aromatic heterocycles. The lowest BCUT2D eigenvalue weighted by atomic mass is 9.82. The Labute approximate surface area is 114 Å². The minimum Gasteiger partial charge on any atom is -0.481 e. The highest BCUT2D eigenvalue weighted by Crippen LogP contribution is 2.26. The molecule has 100 valence electrons. The Hall–Kier alpha value is -1.30. The first-order valence-electron chi connectivity index (χ1n) is 5.72. The van der Waals surface area contributed by atoms with Crippen LogP contribution < -0.4 is 5.32 Å². The first-order valence-corrected chi connectivity index (χ1v) is 6.51. The smallest absolute Gasteiger partial charge is 0.311 e. The fourth-order valence-electron chi connectivity index (χ4n) is 1.65. The van der Waals surface area contributed by atoms with Gasteiger partial charge in [-0.2, -0.15) is 0 Å². The van der Waals surface area contributed by atoms with Crippen LogP contribution in [0.4, 0.5) is 0 Å². The number of carbonyl (C=O) groups is 2. The Morgan fingerprint density at radius 2 is 2.00 bits per heavy atom. The zero-order chi connectivity index (χ0) is 13.8. The van der Waals surface area contributed by atoms with Crippen LogP contribution in [0.2, 0.25) is 0 Å². The third-order valence-corrected chi connectivity index (χ3v) is 3.62. The molecule has 0 atom stereocenters. The third-order valence-electron chi connectivity index (χ3n) is 3.19. The molecule has 0 aromatic carbocycles. The molecule has 18 heavy (non-hydrogen) atoms. The zero-order valence-corrected chi connectivity index (χ0v) is 11.9. The van der Waals surface area contributed by atoms with Crippen molar-refractivity contribution < 1.29 is 19.1 Å². The van der Waals surface area contributed by atoms with Crippen LogP contribution in [-0.4, -0.2) is 23.5 Å². The Morgan fingerprint density at radius 1 is 1.39 bits per heavy atom. The molecule has 0 aliphatic heterocycles. The van der Waals surface area contributed by atoms with Crippen LogP contribution in [0.15, 0.2) is 21.2 Å². The standard InChI is InChI=1S/C12H16BrNO4/c1-3-12(4-2,11(16)17)7-14-10(15)8-5-6-9(13)18-8/h5-6H,3-4,7H2,1-2H3,(H,14,15)(H,16,17). The SMILES string of the molecule is CCC(CC)(CNC(=O)c1ccc(Br)o1)C(=O)O. The highest BCUT2D eigenvalue weighted by atomic mass is 79.9. The summed E-state index contributed by atoms with van der Waals surface area (Å²) in [6, 6.07) is 3.14. The van der Waals surface area contributed by atoms with Crippen molar-refractivity contribution >= 4 is 27.8 Å². The minimum absolute atomic E-state index is 0.0898. The van der Waals surface area contributed by atoms with Gasteiger partial charge in [-0.3, -0.25) is 9.59 Å². The van der Waals surface area contributed by atoms with Gasteiger partial charge >= 0.3 is 5.97 Å². The topological polar surface area (TPSA) is 79.5 Å². The number of rotatable bonds is 6. The normalized spacial score (nSPS) is 11.3. The average molecular weight is 318 g/mol. The molecule has 0 unspecified atom stereocenters. The van der Waals surface area contributed by atoms with Gasteiger partial charge in [-0.1, -0.05) is 13.8 Å². The molecule has 5 nitrogen and oxygen atoms in total. The van der Waals surface area contributed by atoms with Crippen molar-refractivity contribution in [1.82, 2.24) is 5.32 Å². The van der Waals surface area contributed by atoms with E-state index in [2.05, 4.69) is 21.2 Å². The molecule has 0 saturated heterocycles. The number of hydrogen-bond acceptors (Lipinski definition) is 3. The van der Waals surface area contributed by atoms with Crippen LogP contribution >= 0.6 is 15.9 Å². The average Bonchev–Trinajstić information content (AvgIpc) is 2.77. The molecule has 6 heteroatoms. The maximum Gasteiger partial charge on any atom is 0.311 e.